The molecule has 0 bridgehead atoms. The van der Waals surface area contributed by atoms with Crippen molar-refractivity contribution in [3.63, 3.8) is 0 Å². The second-order valence-corrected chi connectivity index (χ2v) is 5.57. The lowest BCUT2D eigenvalue weighted by Gasteiger charge is -2.14. The molecule has 1 aliphatic heterocycles. The Morgan fingerprint density at radius 3 is 2.93 bits per heavy atom. The summed E-state index contributed by atoms with van der Waals surface area (Å²) in [6.07, 6.45) is 2.00. The van der Waals surface area contributed by atoms with E-state index in [2.05, 4.69) is 19.2 Å². The fraction of sp³-hybridized carbons (Fsp3) is 0.909. The van der Waals surface area contributed by atoms with E-state index in [1.54, 1.807) is 0 Å². The van der Waals surface area contributed by atoms with Crippen molar-refractivity contribution in [2.75, 3.05) is 12.4 Å². The Morgan fingerprint density at radius 1 is 1.60 bits per heavy atom. The van der Waals surface area contributed by atoms with Crippen LogP contribution in [0.3, 0.4) is 0 Å². The van der Waals surface area contributed by atoms with Crippen LogP contribution < -0.4 is 5.32 Å². The average Bonchev–Trinajstić information content (AvgIpc) is 2.61. The Balaban J connectivity index is 2.26. The lowest BCUT2D eigenvalue weighted by atomic mass is 10.1. The molecular formula is C11H21NO2S. The zero-order valence-electron chi connectivity index (χ0n) is 9.79. The van der Waals surface area contributed by atoms with Crippen LogP contribution in [-0.4, -0.2) is 29.7 Å². The predicted octanol–water partition coefficient (Wildman–Crippen LogP) is 2.02. The van der Waals surface area contributed by atoms with Crippen molar-refractivity contribution in [3.05, 3.63) is 0 Å². The summed E-state index contributed by atoms with van der Waals surface area (Å²) in [5, 5.41) is 3.74. The number of carbonyl (C=O) groups excluding carboxylic acids is 1. The Morgan fingerprint density at radius 2 is 2.33 bits per heavy atom. The molecule has 4 heteroatoms. The summed E-state index contributed by atoms with van der Waals surface area (Å²) < 4.78 is 5.11. The molecular weight excluding hydrogens is 210 g/mol. The van der Waals surface area contributed by atoms with Gasteiger partial charge in [-0.1, -0.05) is 20.8 Å². The molecule has 0 aliphatic carbocycles. The fourth-order valence-electron chi connectivity index (χ4n) is 1.54. The monoisotopic (exact) mass is 231 g/mol. The number of ether oxygens (including phenoxy) is 1. The summed E-state index contributed by atoms with van der Waals surface area (Å²) in [6.45, 7) is 6.94. The lowest BCUT2D eigenvalue weighted by Crippen LogP contribution is -2.38. The molecule has 1 N–H and O–H groups in total. The van der Waals surface area contributed by atoms with E-state index < -0.39 is 0 Å². The molecule has 0 amide bonds. The number of nitrogens with one attached hydrogen (secondary N) is 1. The highest BCUT2D eigenvalue weighted by Gasteiger charge is 2.30. The normalized spacial score (nSPS) is 25.9. The van der Waals surface area contributed by atoms with Crippen molar-refractivity contribution in [1.29, 1.82) is 0 Å². The highest BCUT2D eigenvalue weighted by Crippen LogP contribution is 2.24. The van der Waals surface area contributed by atoms with E-state index in [4.69, 9.17) is 4.74 Å². The minimum atomic E-state index is -0.0923. The molecule has 2 atom stereocenters. The molecule has 1 aliphatic rings. The number of hydrogen-bond acceptors (Lipinski definition) is 4. The van der Waals surface area contributed by atoms with Gasteiger partial charge in [0.05, 0.1) is 12.0 Å². The third-order valence-corrected chi connectivity index (χ3v) is 3.53. The summed E-state index contributed by atoms with van der Waals surface area (Å²) >= 11 is 1.83. The predicted molar refractivity (Wildman–Crippen MR) is 63.9 cm³/mol. The lowest BCUT2D eigenvalue weighted by molar-refractivity contribution is -0.145. The average molecular weight is 231 g/mol. The largest absolute Gasteiger partial charge is 0.465 e. The fourth-order valence-corrected chi connectivity index (χ4v) is 2.98. The molecule has 88 valence electrons. The molecule has 0 aromatic rings. The summed E-state index contributed by atoms with van der Waals surface area (Å²) in [7, 11) is 0. The van der Waals surface area contributed by atoms with E-state index in [-0.39, 0.29) is 12.0 Å². The smallest absolute Gasteiger partial charge is 0.324 e. The van der Waals surface area contributed by atoms with Gasteiger partial charge in [-0.15, -0.1) is 11.8 Å². The van der Waals surface area contributed by atoms with Gasteiger partial charge in [0, 0.05) is 5.75 Å². The van der Waals surface area contributed by atoms with Crippen LogP contribution in [0.25, 0.3) is 0 Å². The first-order chi connectivity index (χ1) is 7.13. The maximum absolute atomic E-state index is 11.5. The maximum atomic E-state index is 11.5. The van der Waals surface area contributed by atoms with E-state index in [1.807, 2.05) is 18.7 Å². The number of hydrogen-bond donors (Lipinski definition) is 1. The zero-order valence-corrected chi connectivity index (χ0v) is 10.6. The van der Waals surface area contributed by atoms with E-state index >= 15 is 0 Å². The highest BCUT2D eigenvalue weighted by molar-refractivity contribution is 8.00. The van der Waals surface area contributed by atoms with Crippen LogP contribution in [0.1, 0.15) is 33.6 Å². The van der Waals surface area contributed by atoms with Gasteiger partial charge in [0.2, 0.25) is 0 Å². The molecule has 3 nitrogen and oxygen atoms in total. The first kappa shape index (κ1) is 12.8. The molecule has 0 spiro atoms. The standard InChI is InChI=1S/C11H21NO2S/c1-4-5-14-11(13)9-7-15-10(12-9)6-8(2)3/h8-10,12H,4-7H2,1-3H3. The van der Waals surface area contributed by atoms with Crippen LogP contribution in [0.2, 0.25) is 0 Å². The second kappa shape index (κ2) is 6.38. The van der Waals surface area contributed by atoms with Gasteiger partial charge in [0.25, 0.3) is 0 Å². The minimum absolute atomic E-state index is 0.0874. The molecule has 1 heterocycles. The number of thioether (sulfide) groups is 1. The Kier molecular flexibility index (Phi) is 5.47. The van der Waals surface area contributed by atoms with Crippen LogP contribution in [0.5, 0.6) is 0 Å². The number of carbonyl (C=O) groups is 1. The zero-order chi connectivity index (χ0) is 11.3. The summed E-state index contributed by atoms with van der Waals surface area (Å²) in [5.41, 5.74) is 0. The van der Waals surface area contributed by atoms with E-state index in [0.717, 1.165) is 18.6 Å². The van der Waals surface area contributed by atoms with Crippen LogP contribution in [0.4, 0.5) is 0 Å². The molecule has 1 fully saturated rings. The van der Waals surface area contributed by atoms with E-state index in [1.165, 1.54) is 0 Å². The molecule has 0 radical (unpaired) electrons. The van der Waals surface area contributed by atoms with Crippen molar-refractivity contribution < 1.29 is 9.53 Å². The summed E-state index contributed by atoms with van der Waals surface area (Å²) in [4.78, 5) is 11.5. The Labute approximate surface area is 96.3 Å². The molecule has 0 saturated carbocycles. The highest BCUT2D eigenvalue weighted by atomic mass is 32.2. The van der Waals surface area contributed by atoms with Gasteiger partial charge >= 0.3 is 5.97 Å². The van der Waals surface area contributed by atoms with Crippen LogP contribution in [0.15, 0.2) is 0 Å². The van der Waals surface area contributed by atoms with Gasteiger partial charge in [-0.2, -0.15) is 0 Å². The molecule has 0 aromatic carbocycles. The summed E-state index contributed by atoms with van der Waals surface area (Å²) in [5.74, 6) is 1.43. The van der Waals surface area contributed by atoms with Crippen molar-refractivity contribution in [2.24, 2.45) is 5.92 Å². The van der Waals surface area contributed by atoms with Crippen LogP contribution in [-0.2, 0) is 9.53 Å². The van der Waals surface area contributed by atoms with Crippen molar-refractivity contribution in [1.82, 2.24) is 5.32 Å². The topological polar surface area (TPSA) is 38.3 Å². The minimum Gasteiger partial charge on any atom is -0.465 e. The number of esters is 1. The van der Waals surface area contributed by atoms with Crippen molar-refractivity contribution in [2.45, 2.75) is 45.0 Å². The Bertz CT molecular complexity index is 209. The van der Waals surface area contributed by atoms with Crippen molar-refractivity contribution >= 4 is 17.7 Å². The summed E-state index contributed by atoms with van der Waals surface area (Å²) in [6, 6.07) is -0.0923. The molecule has 0 aromatic heterocycles. The molecule has 1 saturated heterocycles. The molecule has 2 unspecified atom stereocenters. The van der Waals surface area contributed by atoms with Gasteiger partial charge in [-0.05, 0) is 18.8 Å². The first-order valence-corrected chi connectivity index (χ1v) is 6.72. The Hall–Kier alpha value is -0.220. The third kappa shape index (κ3) is 4.43. The van der Waals surface area contributed by atoms with E-state index in [0.29, 0.717) is 17.9 Å². The quantitative estimate of drug-likeness (QED) is 0.735. The van der Waals surface area contributed by atoms with Crippen molar-refractivity contribution in [3.8, 4) is 0 Å². The maximum Gasteiger partial charge on any atom is 0.324 e. The van der Waals surface area contributed by atoms with E-state index in [9.17, 15) is 4.79 Å². The van der Waals surface area contributed by atoms with Gasteiger partial charge in [0.15, 0.2) is 0 Å². The van der Waals surface area contributed by atoms with Gasteiger partial charge in [0.1, 0.15) is 6.04 Å². The second-order valence-electron chi connectivity index (χ2n) is 4.34. The van der Waals surface area contributed by atoms with Gasteiger partial charge < -0.3 is 4.74 Å². The van der Waals surface area contributed by atoms with Gasteiger partial charge in [-0.3, -0.25) is 10.1 Å². The molecule has 15 heavy (non-hydrogen) atoms. The third-order valence-electron chi connectivity index (χ3n) is 2.27. The van der Waals surface area contributed by atoms with Gasteiger partial charge in [-0.25, -0.2) is 0 Å². The SMILES string of the molecule is CCCOC(=O)C1CSC(CC(C)C)N1. The van der Waals surface area contributed by atoms with Crippen LogP contribution >= 0.6 is 11.8 Å². The first-order valence-electron chi connectivity index (χ1n) is 5.67. The molecule has 1 rings (SSSR count). The number of rotatable bonds is 5. The van der Waals surface area contributed by atoms with Crippen LogP contribution in [0, 0.1) is 5.92 Å².